The van der Waals surface area contributed by atoms with Crippen molar-refractivity contribution in [2.24, 2.45) is 5.92 Å². The summed E-state index contributed by atoms with van der Waals surface area (Å²) in [6.07, 6.45) is 0.369. The second-order valence-electron chi connectivity index (χ2n) is 5.49. The highest BCUT2D eigenvalue weighted by Gasteiger charge is 2.33. The van der Waals surface area contributed by atoms with Gasteiger partial charge in [-0.3, -0.25) is 4.79 Å². The van der Waals surface area contributed by atoms with Gasteiger partial charge in [0.1, 0.15) is 18.3 Å². The molecule has 0 aromatic heterocycles. The van der Waals surface area contributed by atoms with Gasteiger partial charge in [-0.2, -0.15) is 5.26 Å². The van der Waals surface area contributed by atoms with Crippen LogP contribution in [-0.2, 0) is 4.79 Å². The van der Waals surface area contributed by atoms with E-state index in [4.69, 9.17) is 10.00 Å². The summed E-state index contributed by atoms with van der Waals surface area (Å²) in [7, 11) is 0. The highest BCUT2D eigenvalue weighted by atomic mass is 16.5. The molecule has 0 saturated heterocycles. The van der Waals surface area contributed by atoms with E-state index in [-0.39, 0.29) is 11.8 Å². The third-order valence-electron chi connectivity index (χ3n) is 3.39. The van der Waals surface area contributed by atoms with Crippen LogP contribution in [0.5, 0.6) is 5.75 Å². The Kier molecular flexibility index (Phi) is 4.62. The SMILES string of the molecule is CC(C)CN(CCC#N)C(=O)C1COc2ccccc21. The zero-order valence-electron chi connectivity index (χ0n) is 12.0. The summed E-state index contributed by atoms with van der Waals surface area (Å²) in [6, 6.07) is 9.79. The van der Waals surface area contributed by atoms with Crippen LogP contribution in [0.4, 0.5) is 0 Å². The molecule has 106 valence electrons. The fraction of sp³-hybridized carbons (Fsp3) is 0.500. The summed E-state index contributed by atoms with van der Waals surface area (Å²) in [4.78, 5) is 14.5. The van der Waals surface area contributed by atoms with Crippen LogP contribution in [0.25, 0.3) is 0 Å². The van der Waals surface area contributed by atoms with Crippen molar-refractivity contribution < 1.29 is 9.53 Å². The number of carbonyl (C=O) groups excluding carboxylic acids is 1. The summed E-state index contributed by atoms with van der Waals surface area (Å²) in [5.74, 6) is 1.02. The largest absolute Gasteiger partial charge is 0.492 e. The predicted octanol–water partition coefficient (Wildman–Crippen LogP) is 2.56. The first kappa shape index (κ1) is 14.4. The molecule has 1 amide bonds. The van der Waals surface area contributed by atoms with Crippen molar-refractivity contribution in [1.29, 1.82) is 5.26 Å². The summed E-state index contributed by atoms with van der Waals surface area (Å²) in [5.41, 5.74) is 0.961. The number of benzene rings is 1. The number of hydrogen-bond donors (Lipinski definition) is 0. The number of rotatable bonds is 5. The molecule has 1 aromatic carbocycles. The molecule has 1 heterocycles. The summed E-state index contributed by atoms with van der Waals surface area (Å²) in [6.45, 7) is 5.72. The fourth-order valence-corrected chi connectivity index (χ4v) is 2.50. The molecule has 0 spiro atoms. The first-order valence-electron chi connectivity index (χ1n) is 7.01. The van der Waals surface area contributed by atoms with E-state index in [1.165, 1.54) is 0 Å². The molecular formula is C16H20N2O2. The highest BCUT2D eigenvalue weighted by molar-refractivity contribution is 5.85. The number of nitriles is 1. The Labute approximate surface area is 120 Å². The third kappa shape index (κ3) is 3.11. The maximum absolute atomic E-state index is 12.7. The Balaban J connectivity index is 2.14. The van der Waals surface area contributed by atoms with Crippen molar-refractivity contribution >= 4 is 5.91 Å². The minimum atomic E-state index is -0.233. The average Bonchev–Trinajstić information content (AvgIpc) is 2.86. The standard InChI is InChI=1S/C16H20N2O2/c1-12(2)10-18(9-5-8-17)16(19)14-11-20-15-7-4-3-6-13(14)15/h3-4,6-7,12,14H,5,9-11H2,1-2H3. The van der Waals surface area contributed by atoms with Crippen LogP contribution in [-0.4, -0.2) is 30.5 Å². The zero-order valence-corrected chi connectivity index (χ0v) is 12.0. The van der Waals surface area contributed by atoms with E-state index >= 15 is 0 Å². The van der Waals surface area contributed by atoms with Crippen molar-refractivity contribution in [1.82, 2.24) is 4.90 Å². The van der Waals surface area contributed by atoms with Crippen molar-refractivity contribution in [2.75, 3.05) is 19.7 Å². The van der Waals surface area contributed by atoms with Crippen LogP contribution in [0.1, 0.15) is 31.7 Å². The van der Waals surface area contributed by atoms with Crippen molar-refractivity contribution in [3.63, 3.8) is 0 Å². The Bertz CT molecular complexity index is 519. The molecule has 1 aromatic rings. The Morgan fingerprint density at radius 2 is 2.25 bits per heavy atom. The van der Waals surface area contributed by atoms with E-state index in [1.54, 1.807) is 4.90 Å². The second-order valence-corrected chi connectivity index (χ2v) is 5.49. The van der Waals surface area contributed by atoms with Crippen molar-refractivity contribution in [2.45, 2.75) is 26.2 Å². The van der Waals surface area contributed by atoms with Crippen molar-refractivity contribution in [3.05, 3.63) is 29.8 Å². The van der Waals surface area contributed by atoms with Crippen LogP contribution in [0.2, 0.25) is 0 Å². The summed E-state index contributed by atoms with van der Waals surface area (Å²) < 4.78 is 5.58. The van der Waals surface area contributed by atoms with Gasteiger partial charge < -0.3 is 9.64 Å². The maximum Gasteiger partial charge on any atom is 0.233 e. The van der Waals surface area contributed by atoms with Gasteiger partial charge in [-0.25, -0.2) is 0 Å². The predicted molar refractivity (Wildman–Crippen MR) is 76.3 cm³/mol. The van der Waals surface area contributed by atoms with Gasteiger partial charge in [0.25, 0.3) is 0 Å². The van der Waals surface area contributed by atoms with Crippen LogP contribution < -0.4 is 4.74 Å². The lowest BCUT2D eigenvalue weighted by atomic mass is 9.99. The van der Waals surface area contributed by atoms with Gasteiger partial charge >= 0.3 is 0 Å². The lowest BCUT2D eigenvalue weighted by Crippen LogP contribution is -2.38. The van der Waals surface area contributed by atoms with Crippen LogP contribution in [0.15, 0.2) is 24.3 Å². The monoisotopic (exact) mass is 272 g/mol. The van der Waals surface area contributed by atoms with Gasteiger partial charge in [0, 0.05) is 18.7 Å². The van der Waals surface area contributed by atoms with Gasteiger partial charge in [0.15, 0.2) is 0 Å². The topological polar surface area (TPSA) is 53.3 Å². The zero-order chi connectivity index (χ0) is 14.5. The molecule has 2 rings (SSSR count). The van der Waals surface area contributed by atoms with Crippen LogP contribution in [0, 0.1) is 17.2 Å². The van der Waals surface area contributed by atoms with E-state index in [2.05, 4.69) is 19.9 Å². The molecule has 1 unspecified atom stereocenters. The van der Waals surface area contributed by atoms with Crippen LogP contribution >= 0.6 is 0 Å². The molecule has 4 nitrogen and oxygen atoms in total. The third-order valence-corrected chi connectivity index (χ3v) is 3.39. The Morgan fingerprint density at radius 3 is 2.95 bits per heavy atom. The number of carbonyl (C=O) groups is 1. The fourth-order valence-electron chi connectivity index (χ4n) is 2.50. The quantitative estimate of drug-likeness (QED) is 0.827. The van der Waals surface area contributed by atoms with Crippen molar-refractivity contribution in [3.8, 4) is 11.8 Å². The number of amides is 1. The molecular weight excluding hydrogens is 252 g/mol. The number of para-hydroxylation sites is 1. The van der Waals surface area contributed by atoms with E-state index in [9.17, 15) is 4.79 Å². The maximum atomic E-state index is 12.7. The molecule has 0 aliphatic carbocycles. The molecule has 0 N–H and O–H groups in total. The molecule has 4 heteroatoms. The number of hydrogen-bond acceptors (Lipinski definition) is 3. The normalized spacial score (nSPS) is 16.4. The minimum absolute atomic E-state index is 0.0684. The van der Waals surface area contributed by atoms with E-state index < -0.39 is 0 Å². The van der Waals surface area contributed by atoms with E-state index in [0.29, 0.717) is 32.0 Å². The van der Waals surface area contributed by atoms with E-state index in [1.807, 2.05) is 24.3 Å². The van der Waals surface area contributed by atoms with Gasteiger partial charge in [-0.1, -0.05) is 32.0 Å². The molecule has 1 aliphatic rings. The molecule has 1 atom stereocenters. The van der Waals surface area contributed by atoms with Gasteiger partial charge in [0.2, 0.25) is 5.91 Å². The van der Waals surface area contributed by atoms with Gasteiger partial charge in [-0.15, -0.1) is 0 Å². The summed E-state index contributed by atoms with van der Waals surface area (Å²) >= 11 is 0. The molecule has 0 fully saturated rings. The molecule has 1 aliphatic heterocycles. The number of nitrogens with zero attached hydrogens (tertiary/aromatic N) is 2. The minimum Gasteiger partial charge on any atom is -0.492 e. The second kappa shape index (κ2) is 6.42. The lowest BCUT2D eigenvalue weighted by molar-refractivity contribution is -0.133. The number of fused-ring (bicyclic) bond motifs is 1. The Hall–Kier alpha value is -2.02. The molecule has 0 radical (unpaired) electrons. The van der Waals surface area contributed by atoms with Gasteiger partial charge in [-0.05, 0) is 12.0 Å². The van der Waals surface area contributed by atoms with E-state index in [0.717, 1.165) is 11.3 Å². The summed E-state index contributed by atoms with van der Waals surface area (Å²) in [5, 5.41) is 8.74. The first-order chi connectivity index (χ1) is 9.63. The first-order valence-corrected chi connectivity index (χ1v) is 7.01. The Morgan fingerprint density at radius 1 is 1.50 bits per heavy atom. The van der Waals surface area contributed by atoms with Gasteiger partial charge in [0.05, 0.1) is 12.5 Å². The van der Waals surface area contributed by atoms with Crippen LogP contribution in [0.3, 0.4) is 0 Å². The molecule has 20 heavy (non-hydrogen) atoms. The highest BCUT2D eigenvalue weighted by Crippen LogP contribution is 2.34. The average molecular weight is 272 g/mol. The lowest BCUT2D eigenvalue weighted by Gasteiger charge is -2.26. The molecule has 0 bridgehead atoms. The number of ether oxygens (including phenoxy) is 1. The molecule has 0 saturated carbocycles. The smallest absolute Gasteiger partial charge is 0.233 e.